The normalized spacial score (nSPS) is 18.1. The number of hydrogen-bond donors (Lipinski definition) is 1. The Morgan fingerprint density at radius 2 is 1.83 bits per heavy atom. The van der Waals surface area contributed by atoms with Crippen LogP contribution in [0.25, 0.3) is 0 Å². The number of alkyl halides is 3. The fraction of sp³-hybridized carbons (Fsp3) is 0.333. The van der Waals surface area contributed by atoms with E-state index in [0.29, 0.717) is 23.7 Å². The highest BCUT2D eigenvalue weighted by molar-refractivity contribution is 7.92. The molecule has 0 unspecified atom stereocenters. The van der Waals surface area contributed by atoms with Crippen LogP contribution in [0.5, 0.6) is 5.75 Å². The number of rotatable bonds is 5. The zero-order chi connectivity index (χ0) is 21.4. The van der Waals surface area contributed by atoms with E-state index >= 15 is 0 Å². The molecule has 3 rings (SSSR count). The number of hydrogen-bond acceptors (Lipinski definition) is 4. The highest BCUT2D eigenvalue weighted by atomic mass is 35.5. The van der Waals surface area contributed by atoms with Gasteiger partial charge in [-0.05, 0) is 43.8 Å². The molecule has 0 aromatic heterocycles. The topological polar surface area (TPSA) is 58.6 Å². The smallest absolute Gasteiger partial charge is 0.416 e. The van der Waals surface area contributed by atoms with Gasteiger partial charge in [-0.25, -0.2) is 8.42 Å². The molecule has 1 N–H and O–H groups in total. The average Bonchev–Trinajstić information content (AvgIpc) is 3.01. The Morgan fingerprint density at radius 1 is 1.14 bits per heavy atom. The first-order valence-electron chi connectivity index (χ1n) is 8.50. The third-order valence-corrected chi connectivity index (χ3v) is 6.55. The Hall–Kier alpha value is -1.68. The average molecular weight is 469 g/mol. The van der Waals surface area contributed by atoms with Gasteiger partial charge in [-0.1, -0.05) is 23.2 Å². The van der Waals surface area contributed by atoms with Crippen LogP contribution in [0.15, 0.2) is 41.3 Å². The van der Waals surface area contributed by atoms with Gasteiger partial charge in [-0.3, -0.25) is 4.72 Å². The molecule has 2 aromatic carbocycles. The quantitative estimate of drug-likeness (QED) is 0.677. The second-order valence-corrected chi connectivity index (χ2v) is 9.15. The summed E-state index contributed by atoms with van der Waals surface area (Å²) in [5.41, 5.74) is -1.03. The maximum atomic E-state index is 12.9. The van der Waals surface area contributed by atoms with E-state index in [9.17, 15) is 21.6 Å². The molecular formula is C18H17Cl2F3N2O3S. The molecule has 0 amide bonds. The minimum Gasteiger partial charge on any atom is -0.487 e. The number of likely N-dealkylation sites (tertiary alicyclic amines) is 1. The van der Waals surface area contributed by atoms with Crippen molar-refractivity contribution in [3.05, 3.63) is 52.0 Å². The standard InChI is InChI=1S/C18H17Cl2F3N2O3S/c1-25-7-6-13(10-25)28-16-9-12(3-5-14(16)19)24-29(26,27)17-8-11(18(21,22)23)2-4-15(17)20/h2-5,8-9,13,24H,6-7,10H2,1H3/t13-/m1/s1. The number of halogens is 5. The maximum Gasteiger partial charge on any atom is 0.416 e. The van der Waals surface area contributed by atoms with Crippen LogP contribution >= 0.6 is 23.2 Å². The van der Waals surface area contributed by atoms with Crippen molar-refractivity contribution in [2.24, 2.45) is 0 Å². The molecule has 0 radical (unpaired) electrons. The first-order valence-corrected chi connectivity index (χ1v) is 10.7. The number of ether oxygens (including phenoxy) is 1. The Labute approximate surface area is 176 Å². The minimum absolute atomic E-state index is 0.0872. The summed E-state index contributed by atoms with van der Waals surface area (Å²) in [5, 5.41) is -0.0375. The van der Waals surface area contributed by atoms with E-state index in [0.717, 1.165) is 19.0 Å². The van der Waals surface area contributed by atoms with Crippen molar-refractivity contribution < 1.29 is 26.3 Å². The molecule has 29 heavy (non-hydrogen) atoms. The van der Waals surface area contributed by atoms with Gasteiger partial charge in [0.1, 0.15) is 16.7 Å². The molecule has 2 aromatic rings. The van der Waals surface area contributed by atoms with Crippen LogP contribution in [-0.4, -0.2) is 39.6 Å². The van der Waals surface area contributed by atoms with Crippen molar-refractivity contribution in [3.8, 4) is 5.75 Å². The van der Waals surface area contributed by atoms with E-state index in [-0.39, 0.29) is 22.6 Å². The van der Waals surface area contributed by atoms with Gasteiger partial charge in [0.25, 0.3) is 10.0 Å². The lowest BCUT2D eigenvalue weighted by Crippen LogP contribution is -2.21. The molecular weight excluding hydrogens is 452 g/mol. The monoisotopic (exact) mass is 468 g/mol. The summed E-state index contributed by atoms with van der Waals surface area (Å²) in [4.78, 5) is 1.41. The van der Waals surface area contributed by atoms with Crippen LogP contribution in [0.4, 0.5) is 18.9 Å². The molecule has 11 heteroatoms. The Kier molecular flexibility index (Phi) is 6.24. The number of nitrogens with one attached hydrogen (secondary N) is 1. The van der Waals surface area contributed by atoms with Crippen LogP contribution in [0.1, 0.15) is 12.0 Å². The molecule has 5 nitrogen and oxygen atoms in total. The van der Waals surface area contributed by atoms with Crippen molar-refractivity contribution in [1.82, 2.24) is 4.90 Å². The van der Waals surface area contributed by atoms with Crippen LogP contribution in [-0.2, 0) is 16.2 Å². The lowest BCUT2D eigenvalue weighted by atomic mass is 10.2. The van der Waals surface area contributed by atoms with Crippen molar-refractivity contribution in [2.45, 2.75) is 23.6 Å². The number of benzene rings is 2. The summed E-state index contributed by atoms with van der Waals surface area (Å²) in [6.45, 7) is 1.56. The van der Waals surface area contributed by atoms with Crippen molar-refractivity contribution >= 4 is 38.9 Å². The summed E-state index contributed by atoms with van der Waals surface area (Å²) in [5.74, 6) is 0.280. The van der Waals surface area contributed by atoms with E-state index in [1.807, 2.05) is 7.05 Å². The van der Waals surface area contributed by atoms with Crippen LogP contribution in [0.2, 0.25) is 10.0 Å². The fourth-order valence-electron chi connectivity index (χ4n) is 2.92. The molecule has 1 aliphatic rings. The molecule has 0 spiro atoms. The lowest BCUT2D eigenvalue weighted by molar-refractivity contribution is -0.137. The second kappa shape index (κ2) is 8.22. The predicted molar refractivity (Wildman–Crippen MR) is 105 cm³/mol. The van der Waals surface area contributed by atoms with Gasteiger partial charge in [0.05, 0.1) is 21.3 Å². The van der Waals surface area contributed by atoms with Gasteiger partial charge in [-0.2, -0.15) is 13.2 Å². The summed E-state index contributed by atoms with van der Waals surface area (Å²) in [7, 11) is -2.43. The SMILES string of the molecule is CN1CC[C@@H](Oc2cc(NS(=O)(=O)c3cc(C(F)(F)F)ccc3Cl)ccc2Cl)C1. The zero-order valence-electron chi connectivity index (χ0n) is 15.1. The van der Waals surface area contributed by atoms with Crippen molar-refractivity contribution in [2.75, 3.05) is 24.9 Å². The molecule has 1 aliphatic heterocycles. The third kappa shape index (κ3) is 5.28. The molecule has 0 bridgehead atoms. The van der Waals surface area contributed by atoms with E-state index < -0.39 is 26.7 Å². The van der Waals surface area contributed by atoms with Crippen LogP contribution in [0.3, 0.4) is 0 Å². The predicted octanol–water partition coefficient (Wildman–Crippen LogP) is 4.90. The Morgan fingerprint density at radius 3 is 2.45 bits per heavy atom. The summed E-state index contributed by atoms with van der Waals surface area (Å²) >= 11 is 12.0. The van der Waals surface area contributed by atoms with Gasteiger partial charge in [-0.15, -0.1) is 0 Å². The van der Waals surface area contributed by atoms with Gasteiger partial charge in [0.15, 0.2) is 0 Å². The highest BCUT2D eigenvalue weighted by Crippen LogP contribution is 2.35. The first-order chi connectivity index (χ1) is 13.5. The summed E-state index contributed by atoms with van der Waals surface area (Å²) < 4.78 is 72.2. The third-order valence-electron chi connectivity index (χ3n) is 4.37. The van der Waals surface area contributed by atoms with Crippen molar-refractivity contribution in [1.29, 1.82) is 0 Å². The highest BCUT2D eigenvalue weighted by Gasteiger charge is 2.33. The number of nitrogens with zero attached hydrogens (tertiary/aromatic N) is 1. The van der Waals surface area contributed by atoms with E-state index in [4.69, 9.17) is 27.9 Å². The van der Waals surface area contributed by atoms with E-state index in [1.54, 1.807) is 0 Å². The molecule has 0 aliphatic carbocycles. The fourth-order valence-corrected chi connectivity index (χ4v) is 4.66. The lowest BCUT2D eigenvalue weighted by Gasteiger charge is -2.17. The molecule has 1 fully saturated rings. The zero-order valence-corrected chi connectivity index (χ0v) is 17.5. The molecule has 1 atom stereocenters. The second-order valence-electron chi connectivity index (χ2n) is 6.68. The van der Waals surface area contributed by atoms with Gasteiger partial charge >= 0.3 is 6.18 Å². The van der Waals surface area contributed by atoms with Crippen molar-refractivity contribution in [3.63, 3.8) is 0 Å². The van der Waals surface area contributed by atoms with Gasteiger partial charge in [0.2, 0.25) is 0 Å². The van der Waals surface area contributed by atoms with E-state index in [2.05, 4.69) is 9.62 Å². The van der Waals surface area contributed by atoms with Crippen LogP contribution in [0, 0.1) is 0 Å². The molecule has 158 valence electrons. The summed E-state index contributed by atoms with van der Waals surface area (Å²) in [6, 6.07) is 6.32. The van der Waals surface area contributed by atoms with Crippen LogP contribution < -0.4 is 9.46 Å². The first kappa shape index (κ1) is 22.0. The minimum atomic E-state index is -4.70. The summed E-state index contributed by atoms with van der Waals surface area (Å²) in [6.07, 6.45) is -4.00. The molecule has 0 saturated carbocycles. The Balaban J connectivity index is 1.86. The number of likely N-dealkylation sites (N-methyl/N-ethyl adjacent to an activating group) is 1. The molecule has 1 heterocycles. The largest absolute Gasteiger partial charge is 0.487 e. The van der Waals surface area contributed by atoms with Gasteiger partial charge in [0, 0.05) is 19.2 Å². The number of anilines is 1. The van der Waals surface area contributed by atoms with E-state index in [1.165, 1.54) is 18.2 Å². The maximum absolute atomic E-state index is 12.9. The van der Waals surface area contributed by atoms with Gasteiger partial charge < -0.3 is 9.64 Å². The Bertz CT molecular complexity index is 1020. The molecule has 1 saturated heterocycles. The number of sulfonamides is 1.